The smallest absolute Gasteiger partial charge is 0.200 e. The van der Waals surface area contributed by atoms with Crippen LogP contribution in [0.15, 0.2) is 42.6 Å². The van der Waals surface area contributed by atoms with Crippen molar-refractivity contribution in [2.75, 3.05) is 0 Å². The third-order valence-electron chi connectivity index (χ3n) is 6.85. The molecule has 0 fully saturated rings. The predicted octanol–water partition coefficient (Wildman–Crippen LogP) is 6.40. The highest BCUT2D eigenvalue weighted by Gasteiger charge is 2.28. The molecule has 148 valence electrons. The van der Waals surface area contributed by atoms with Crippen LogP contribution in [0, 0.1) is 13.8 Å². The Morgan fingerprint density at radius 2 is 1.64 bits per heavy atom. The van der Waals surface area contributed by atoms with Crippen LogP contribution in [0.3, 0.4) is 0 Å². The first kappa shape index (κ1) is 19.4. The number of rotatable bonds is 4. The molecule has 0 spiro atoms. The maximum Gasteiger partial charge on any atom is 0.220 e. The summed E-state index contributed by atoms with van der Waals surface area (Å²) in [5.74, 6) is 0.480. The molecule has 0 atom stereocenters. The van der Waals surface area contributed by atoms with Gasteiger partial charge < -0.3 is 0 Å². The van der Waals surface area contributed by atoms with Crippen molar-refractivity contribution in [3.05, 3.63) is 59.3 Å². The Hall–Kier alpha value is -1.93. The van der Waals surface area contributed by atoms with Gasteiger partial charge in [-0.3, -0.25) is 0 Å². The lowest BCUT2D eigenvalue weighted by atomic mass is 9.91. The van der Waals surface area contributed by atoms with E-state index in [1.165, 1.54) is 38.2 Å². The molecule has 0 radical (unpaired) electrons. The summed E-state index contributed by atoms with van der Waals surface area (Å²) < 4.78 is 10.7. The Labute approximate surface area is 173 Å². The quantitative estimate of drug-likeness (QED) is 0.358. The average molecular weight is 392 g/mol. The zero-order chi connectivity index (χ0) is 21.7. The van der Waals surface area contributed by atoms with Crippen molar-refractivity contribution in [2.24, 2.45) is 7.05 Å². The molecular formula is C26H36NSi+. The summed E-state index contributed by atoms with van der Waals surface area (Å²) in [6, 6.07) is 13.7. The van der Waals surface area contributed by atoms with Crippen molar-refractivity contribution in [1.29, 1.82) is 0 Å². The Balaban J connectivity index is 2.36. The molecule has 0 saturated carbocycles. The summed E-state index contributed by atoms with van der Waals surface area (Å²) in [5.41, 5.74) is 7.08. The molecular weight excluding hydrogens is 354 g/mol. The van der Waals surface area contributed by atoms with Gasteiger partial charge >= 0.3 is 0 Å². The summed E-state index contributed by atoms with van der Waals surface area (Å²) in [6.45, 7) is 18.5. The fourth-order valence-electron chi connectivity index (χ4n) is 3.84. The van der Waals surface area contributed by atoms with Crippen molar-refractivity contribution >= 4 is 24.0 Å². The zero-order valence-electron chi connectivity index (χ0n) is 20.1. The minimum atomic E-state index is -1.51. The monoisotopic (exact) mass is 391 g/mol. The molecule has 1 nitrogen and oxygen atoms in total. The van der Waals surface area contributed by atoms with Crippen LogP contribution in [0.25, 0.3) is 22.0 Å². The van der Waals surface area contributed by atoms with E-state index >= 15 is 0 Å². The van der Waals surface area contributed by atoms with Gasteiger partial charge in [-0.05, 0) is 59.5 Å². The van der Waals surface area contributed by atoms with E-state index in [1.54, 1.807) is 0 Å². The standard InChI is InChI=1S/C26H36NSi/c1-17(2)22-14-19(5)20(6)25(16-22)26-24-11-10-23(28(8,9)18(3)4)15-21(24)12-13-27(26)7/h10-18H,1-9H3/q+1/i13D. The normalized spacial score (nSPS) is 12.9. The summed E-state index contributed by atoms with van der Waals surface area (Å²) in [4.78, 5) is 0. The van der Waals surface area contributed by atoms with Gasteiger partial charge in [-0.25, -0.2) is 4.57 Å². The number of hydrogen-bond acceptors (Lipinski definition) is 0. The van der Waals surface area contributed by atoms with Gasteiger partial charge in [-0.1, -0.05) is 64.2 Å². The molecule has 0 aliphatic heterocycles. The molecule has 28 heavy (non-hydrogen) atoms. The number of hydrogen-bond donors (Lipinski definition) is 0. The van der Waals surface area contributed by atoms with Gasteiger partial charge in [-0.15, -0.1) is 0 Å². The van der Waals surface area contributed by atoms with E-state index in [-0.39, 0.29) is 0 Å². The second-order valence-electron chi connectivity index (χ2n) is 9.52. The summed E-state index contributed by atoms with van der Waals surface area (Å²) in [5, 5.41) is 3.90. The third-order valence-corrected chi connectivity index (χ3v) is 11.5. The van der Waals surface area contributed by atoms with Crippen LogP contribution in [-0.4, -0.2) is 8.07 Å². The fraction of sp³-hybridized carbons (Fsp3) is 0.423. The molecule has 3 aromatic rings. The molecule has 2 aromatic carbocycles. The largest absolute Gasteiger partial charge is 0.220 e. The first-order valence-corrected chi connectivity index (χ1v) is 13.6. The van der Waals surface area contributed by atoms with Crippen LogP contribution in [-0.2, 0) is 7.05 Å². The maximum atomic E-state index is 8.64. The van der Waals surface area contributed by atoms with Gasteiger partial charge in [0.15, 0.2) is 6.17 Å². The number of aryl methyl sites for hydroxylation is 1. The summed E-state index contributed by atoms with van der Waals surface area (Å²) in [6.07, 6.45) is 0.556. The van der Waals surface area contributed by atoms with Crippen LogP contribution in [0.5, 0.6) is 0 Å². The SMILES string of the molecule is [2H]c1cc2cc([Si](C)(C)C(C)C)ccc2c(-c2cc(C(C)C)cc(C)c2C)[n+]1C. The summed E-state index contributed by atoms with van der Waals surface area (Å²) in [7, 11) is 0.509. The van der Waals surface area contributed by atoms with E-state index in [9.17, 15) is 0 Å². The van der Waals surface area contributed by atoms with Gasteiger partial charge in [0.25, 0.3) is 0 Å². The van der Waals surface area contributed by atoms with E-state index in [4.69, 9.17) is 1.37 Å². The fourth-order valence-corrected chi connectivity index (χ4v) is 5.54. The van der Waals surface area contributed by atoms with E-state index < -0.39 is 8.07 Å². The predicted molar refractivity (Wildman–Crippen MR) is 126 cm³/mol. The van der Waals surface area contributed by atoms with Gasteiger partial charge in [-0.2, -0.15) is 0 Å². The molecule has 1 heterocycles. The van der Waals surface area contributed by atoms with Gasteiger partial charge in [0.05, 0.1) is 19.0 Å². The highest BCUT2D eigenvalue weighted by molar-refractivity contribution is 6.91. The highest BCUT2D eigenvalue weighted by atomic mass is 28.3. The van der Waals surface area contributed by atoms with Crippen molar-refractivity contribution in [2.45, 2.75) is 66.1 Å². The molecule has 0 aliphatic rings. The molecule has 0 aliphatic carbocycles. The summed E-state index contributed by atoms with van der Waals surface area (Å²) >= 11 is 0. The van der Waals surface area contributed by atoms with Crippen molar-refractivity contribution in [3.63, 3.8) is 0 Å². The Morgan fingerprint density at radius 1 is 0.964 bits per heavy atom. The molecule has 1 aromatic heterocycles. The van der Waals surface area contributed by atoms with Crippen molar-refractivity contribution in [1.82, 2.24) is 0 Å². The number of pyridine rings is 1. The average Bonchev–Trinajstić information content (AvgIpc) is 2.64. The highest BCUT2D eigenvalue weighted by Crippen LogP contribution is 2.32. The zero-order valence-corrected chi connectivity index (χ0v) is 20.1. The lowest BCUT2D eigenvalue weighted by Gasteiger charge is -2.27. The lowest BCUT2D eigenvalue weighted by Crippen LogP contribution is -2.44. The van der Waals surface area contributed by atoms with E-state index in [2.05, 4.69) is 85.0 Å². The lowest BCUT2D eigenvalue weighted by molar-refractivity contribution is -0.659. The third kappa shape index (κ3) is 3.55. The Morgan fingerprint density at radius 3 is 2.25 bits per heavy atom. The molecule has 0 saturated heterocycles. The molecule has 0 amide bonds. The first-order chi connectivity index (χ1) is 13.4. The van der Waals surface area contributed by atoms with Gasteiger partial charge in [0, 0.05) is 6.07 Å². The van der Waals surface area contributed by atoms with E-state index in [0.29, 0.717) is 17.6 Å². The van der Waals surface area contributed by atoms with Crippen molar-refractivity contribution < 1.29 is 5.94 Å². The van der Waals surface area contributed by atoms with Gasteiger partial charge in [0.2, 0.25) is 5.69 Å². The van der Waals surface area contributed by atoms with Crippen LogP contribution in [0.4, 0.5) is 0 Å². The maximum absolute atomic E-state index is 8.64. The van der Waals surface area contributed by atoms with Crippen LogP contribution < -0.4 is 9.75 Å². The molecule has 0 N–H and O–H groups in total. The Kier molecular flexibility index (Phi) is 5.18. The molecule has 2 heteroatoms. The molecule has 0 unspecified atom stereocenters. The van der Waals surface area contributed by atoms with Crippen molar-refractivity contribution in [3.8, 4) is 11.3 Å². The molecule has 0 bridgehead atoms. The van der Waals surface area contributed by atoms with Gasteiger partial charge in [0.1, 0.15) is 8.42 Å². The number of benzene rings is 2. The first-order valence-electron chi connectivity index (χ1n) is 11.0. The number of fused-ring (bicyclic) bond motifs is 1. The van der Waals surface area contributed by atoms with E-state index in [1.807, 2.05) is 17.7 Å². The van der Waals surface area contributed by atoms with Crippen LogP contribution in [0.2, 0.25) is 18.6 Å². The number of aromatic nitrogens is 1. The second kappa shape index (κ2) is 7.48. The van der Waals surface area contributed by atoms with E-state index in [0.717, 1.165) is 5.69 Å². The molecule has 3 rings (SSSR count). The topological polar surface area (TPSA) is 3.88 Å². The van der Waals surface area contributed by atoms with Crippen LogP contribution in [0.1, 0.15) is 51.7 Å². The second-order valence-corrected chi connectivity index (χ2v) is 14.7. The number of nitrogens with zero attached hydrogens (tertiary/aromatic N) is 1. The Bertz CT molecular complexity index is 1080. The minimum Gasteiger partial charge on any atom is -0.200 e. The van der Waals surface area contributed by atoms with Crippen LogP contribution >= 0.6 is 0 Å². The minimum absolute atomic E-state index is 0.480.